The molecule has 0 saturated heterocycles. The maximum absolute atomic E-state index is 10.7. The Morgan fingerprint density at radius 1 is 1.12 bits per heavy atom. The van der Waals surface area contributed by atoms with Crippen LogP contribution in [0.15, 0.2) is 40.8 Å². The van der Waals surface area contributed by atoms with Gasteiger partial charge in [-0.05, 0) is 36.4 Å². The molecule has 0 saturated carbocycles. The SMILES string of the molecule is CN(C)c1ccc(-c2ccc(C(=O)O)o2)cc1. The number of furan rings is 1. The van der Waals surface area contributed by atoms with Crippen molar-refractivity contribution in [2.24, 2.45) is 0 Å². The summed E-state index contributed by atoms with van der Waals surface area (Å²) < 4.78 is 5.22. The molecule has 0 atom stereocenters. The van der Waals surface area contributed by atoms with Gasteiger partial charge in [-0.2, -0.15) is 0 Å². The molecule has 4 nitrogen and oxygen atoms in total. The zero-order valence-electron chi connectivity index (χ0n) is 9.68. The Hall–Kier alpha value is -2.23. The minimum Gasteiger partial charge on any atom is -0.475 e. The van der Waals surface area contributed by atoms with Gasteiger partial charge in [-0.3, -0.25) is 0 Å². The number of anilines is 1. The van der Waals surface area contributed by atoms with Gasteiger partial charge in [0.1, 0.15) is 5.76 Å². The molecule has 0 aliphatic rings. The predicted octanol–water partition coefficient (Wildman–Crippen LogP) is 2.71. The predicted molar refractivity (Wildman–Crippen MR) is 65.4 cm³/mol. The fourth-order valence-electron chi connectivity index (χ4n) is 1.53. The van der Waals surface area contributed by atoms with Crippen LogP contribution < -0.4 is 4.90 Å². The van der Waals surface area contributed by atoms with Crippen LogP contribution in [-0.4, -0.2) is 25.2 Å². The van der Waals surface area contributed by atoms with Gasteiger partial charge in [-0.15, -0.1) is 0 Å². The van der Waals surface area contributed by atoms with Crippen molar-refractivity contribution in [3.8, 4) is 11.3 Å². The van der Waals surface area contributed by atoms with Gasteiger partial charge in [-0.25, -0.2) is 4.79 Å². The molecule has 1 aromatic carbocycles. The topological polar surface area (TPSA) is 53.7 Å². The lowest BCUT2D eigenvalue weighted by molar-refractivity contribution is 0.0663. The van der Waals surface area contributed by atoms with E-state index in [1.165, 1.54) is 6.07 Å². The van der Waals surface area contributed by atoms with Crippen molar-refractivity contribution in [3.05, 3.63) is 42.2 Å². The molecule has 1 aromatic heterocycles. The van der Waals surface area contributed by atoms with Crippen molar-refractivity contribution >= 4 is 11.7 Å². The number of carbonyl (C=O) groups is 1. The number of rotatable bonds is 3. The molecule has 88 valence electrons. The standard InChI is InChI=1S/C13H13NO3/c1-14(2)10-5-3-9(4-6-10)11-7-8-12(17-11)13(15)16/h3-8H,1-2H3,(H,15,16). The Balaban J connectivity index is 2.30. The average Bonchev–Trinajstić information content (AvgIpc) is 2.78. The number of hydrogen-bond acceptors (Lipinski definition) is 3. The monoisotopic (exact) mass is 231 g/mol. The Morgan fingerprint density at radius 2 is 1.76 bits per heavy atom. The Kier molecular flexibility index (Phi) is 2.87. The summed E-state index contributed by atoms with van der Waals surface area (Å²) in [6.07, 6.45) is 0. The first-order valence-electron chi connectivity index (χ1n) is 5.19. The zero-order chi connectivity index (χ0) is 12.4. The highest BCUT2D eigenvalue weighted by Gasteiger charge is 2.10. The van der Waals surface area contributed by atoms with Crippen LogP contribution >= 0.6 is 0 Å². The van der Waals surface area contributed by atoms with E-state index < -0.39 is 5.97 Å². The third-order valence-corrected chi connectivity index (χ3v) is 2.49. The molecule has 0 aliphatic carbocycles. The highest BCUT2D eigenvalue weighted by Crippen LogP contribution is 2.24. The number of hydrogen-bond donors (Lipinski definition) is 1. The first-order valence-corrected chi connectivity index (χ1v) is 5.19. The van der Waals surface area contributed by atoms with Crippen LogP contribution in [0.2, 0.25) is 0 Å². The summed E-state index contributed by atoms with van der Waals surface area (Å²) in [5, 5.41) is 8.76. The average molecular weight is 231 g/mol. The van der Waals surface area contributed by atoms with E-state index in [1.807, 2.05) is 43.3 Å². The second kappa shape index (κ2) is 4.33. The summed E-state index contributed by atoms with van der Waals surface area (Å²) in [4.78, 5) is 12.7. The van der Waals surface area contributed by atoms with Crippen molar-refractivity contribution in [2.45, 2.75) is 0 Å². The van der Waals surface area contributed by atoms with Crippen molar-refractivity contribution in [2.75, 3.05) is 19.0 Å². The van der Waals surface area contributed by atoms with E-state index in [9.17, 15) is 4.79 Å². The summed E-state index contributed by atoms with van der Waals surface area (Å²) >= 11 is 0. The second-order valence-electron chi connectivity index (χ2n) is 3.91. The van der Waals surface area contributed by atoms with Crippen molar-refractivity contribution in [1.29, 1.82) is 0 Å². The van der Waals surface area contributed by atoms with Gasteiger partial charge in [0.2, 0.25) is 5.76 Å². The third-order valence-electron chi connectivity index (χ3n) is 2.49. The van der Waals surface area contributed by atoms with Crippen LogP contribution in [0.1, 0.15) is 10.6 Å². The van der Waals surface area contributed by atoms with Gasteiger partial charge in [0, 0.05) is 25.3 Å². The molecule has 17 heavy (non-hydrogen) atoms. The number of nitrogens with zero attached hydrogens (tertiary/aromatic N) is 1. The first kappa shape index (κ1) is 11.3. The summed E-state index contributed by atoms with van der Waals surface area (Å²) in [5.41, 5.74) is 1.95. The molecule has 4 heteroatoms. The van der Waals surface area contributed by atoms with E-state index in [0.717, 1.165) is 11.3 Å². The third kappa shape index (κ3) is 2.30. The number of aromatic carboxylic acids is 1. The minimum atomic E-state index is -1.05. The fraction of sp³-hybridized carbons (Fsp3) is 0.154. The lowest BCUT2D eigenvalue weighted by Gasteiger charge is -2.11. The van der Waals surface area contributed by atoms with E-state index in [1.54, 1.807) is 6.07 Å². The van der Waals surface area contributed by atoms with E-state index in [2.05, 4.69) is 0 Å². The van der Waals surface area contributed by atoms with Crippen LogP contribution in [0, 0.1) is 0 Å². The van der Waals surface area contributed by atoms with Crippen molar-refractivity contribution in [3.63, 3.8) is 0 Å². The summed E-state index contributed by atoms with van der Waals surface area (Å²) in [6, 6.07) is 10.8. The van der Waals surface area contributed by atoms with Gasteiger partial charge in [0.15, 0.2) is 0 Å². The molecule has 2 aromatic rings. The first-order chi connectivity index (χ1) is 8.08. The number of benzene rings is 1. The maximum atomic E-state index is 10.7. The largest absolute Gasteiger partial charge is 0.475 e. The van der Waals surface area contributed by atoms with E-state index in [-0.39, 0.29) is 5.76 Å². The molecule has 0 radical (unpaired) electrons. The molecule has 1 N–H and O–H groups in total. The molecular weight excluding hydrogens is 218 g/mol. The van der Waals surface area contributed by atoms with E-state index in [0.29, 0.717) is 5.76 Å². The van der Waals surface area contributed by atoms with Crippen LogP contribution in [-0.2, 0) is 0 Å². The molecule has 0 unspecified atom stereocenters. The van der Waals surface area contributed by atoms with E-state index in [4.69, 9.17) is 9.52 Å². The molecule has 2 rings (SSSR count). The van der Waals surface area contributed by atoms with Crippen LogP contribution in [0.25, 0.3) is 11.3 Å². The lowest BCUT2D eigenvalue weighted by atomic mass is 10.1. The van der Waals surface area contributed by atoms with Gasteiger partial charge >= 0.3 is 5.97 Å². The van der Waals surface area contributed by atoms with Gasteiger partial charge in [0.05, 0.1) is 0 Å². The molecule has 0 spiro atoms. The van der Waals surface area contributed by atoms with Crippen molar-refractivity contribution in [1.82, 2.24) is 0 Å². The summed E-state index contributed by atoms with van der Waals surface area (Å²) in [5.74, 6) is -0.537. The Morgan fingerprint density at radius 3 is 2.24 bits per heavy atom. The molecule has 0 bridgehead atoms. The smallest absolute Gasteiger partial charge is 0.371 e. The molecule has 1 heterocycles. The van der Waals surface area contributed by atoms with Crippen molar-refractivity contribution < 1.29 is 14.3 Å². The Labute approximate surface area is 99.1 Å². The number of carboxylic acid groups (broad SMARTS) is 1. The van der Waals surface area contributed by atoms with Gasteiger partial charge < -0.3 is 14.4 Å². The van der Waals surface area contributed by atoms with Crippen LogP contribution in [0.5, 0.6) is 0 Å². The summed E-state index contributed by atoms with van der Waals surface area (Å²) in [6.45, 7) is 0. The molecule has 0 amide bonds. The quantitative estimate of drug-likeness (QED) is 0.882. The van der Waals surface area contributed by atoms with Crippen LogP contribution in [0.4, 0.5) is 5.69 Å². The molecular formula is C13H13NO3. The fourth-order valence-corrected chi connectivity index (χ4v) is 1.53. The molecule has 0 fully saturated rings. The number of carboxylic acids is 1. The van der Waals surface area contributed by atoms with Gasteiger partial charge in [-0.1, -0.05) is 0 Å². The highest BCUT2D eigenvalue weighted by molar-refractivity contribution is 5.85. The van der Waals surface area contributed by atoms with Crippen LogP contribution in [0.3, 0.4) is 0 Å². The highest BCUT2D eigenvalue weighted by atomic mass is 16.4. The second-order valence-corrected chi connectivity index (χ2v) is 3.91. The van der Waals surface area contributed by atoms with E-state index >= 15 is 0 Å². The minimum absolute atomic E-state index is 0.0447. The van der Waals surface area contributed by atoms with Gasteiger partial charge in [0.25, 0.3) is 0 Å². The normalized spacial score (nSPS) is 10.2. The Bertz CT molecular complexity index is 526. The lowest BCUT2D eigenvalue weighted by Crippen LogP contribution is -2.07. The maximum Gasteiger partial charge on any atom is 0.371 e. The summed E-state index contributed by atoms with van der Waals surface area (Å²) in [7, 11) is 3.93. The zero-order valence-corrected chi connectivity index (χ0v) is 9.68. The molecule has 0 aliphatic heterocycles.